The lowest BCUT2D eigenvalue weighted by Crippen LogP contribution is -2.38. The van der Waals surface area contributed by atoms with E-state index in [1.54, 1.807) is 0 Å². The molecule has 5 heteroatoms. The van der Waals surface area contributed by atoms with E-state index in [4.69, 9.17) is 11.6 Å². The molecule has 106 valence electrons. The van der Waals surface area contributed by atoms with Crippen LogP contribution in [0.25, 0.3) is 0 Å². The molecule has 3 nitrogen and oxygen atoms in total. The molecule has 2 heterocycles. The quantitative estimate of drug-likeness (QED) is 0.848. The third kappa shape index (κ3) is 4.33. The average Bonchev–Trinajstić information content (AvgIpc) is 2.88. The maximum atomic E-state index is 6.33. The van der Waals surface area contributed by atoms with Crippen molar-refractivity contribution in [2.24, 2.45) is 0 Å². The first-order chi connectivity index (χ1) is 9.20. The predicted molar refractivity (Wildman–Crippen MR) is 85.1 cm³/mol. The van der Waals surface area contributed by atoms with Crippen LogP contribution in [0.1, 0.15) is 32.6 Å². The first-order valence-electron chi connectivity index (χ1n) is 7.00. The van der Waals surface area contributed by atoms with Crippen molar-refractivity contribution in [1.29, 1.82) is 0 Å². The first-order valence-corrected chi connectivity index (χ1v) is 8.17. The predicted octanol–water partition coefficient (Wildman–Crippen LogP) is 3.86. The van der Waals surface area contributed by atoms with Crippen molar-refractivity contribution in [3.8, 4) is 0 Å². The van der Waals surface area contributed by atoms with Gasteiger partial charge in [0.05, 0.1) is 5.02 Å². The molecule has 1 N–H and O–H groups in total. The van der Waals surface area contributed by atoms with Gasteiger partial charge in [0.1, 0.15) is 5.82 Å². The molecule has 1 unspecified atom stereocenters. The van der Waals surface area contributed by atoms with Gasteiger partial charge in [0.2, 0.25) is 0 Å². The molecule has 0 aliphatic carbocycles. The van der Waals surface area contributed by atoms with Gasteiger partial charge in [-0.15, -0.1) is 0 Å². The zero-order valence-corrected chi connectivity index (χ0v) is 13.7. The normalized spacial score (nSPS) is 18.8. The van der Waals surface area contributed by atoms with E-state index >= 15 is 0 Å². The number of nitrogens with zero attached hydrogens (tertiary/aromatic N) is 2. The molecule has 0 bridgehead atoms. The summed E-state index contributed by atoms with van der Waals surface area (Å²) in [5, 5.41) is 4.27. The van der Waals surface area contributed by atoms with Gasteiger partial charge in [0, 0.05) is 29.8 Å². The molecule has 0 aromatic carbocycles. The van der Waals surface area contributed by atoms with Gasteiger partial charge in [0.15, 0.2) is 0 Å². The van der Waals surface area contributed by atoms with Crippen LogP contribution in [0.4, 0.5) is 5.82 Å². The van der Waals surface area contributed by atoms with Gasteiger partial charge >= 0.3 is 0 Å². The SMILES string of the molecule is CCCCN(CC1CCCN1)c1ncc(Br)cc1Cl. The Balaban J connectivity index is 2.10. The Labute approximate surface area is 128 Å². The molecule has 2 rings (SSSR count). The van der Waals surface area contributed by atoms with Gasteiger partial charge in [-0.1, -0.05) is 24.9 Å². The van der Waals surface area contributed by atoms with Crippen LogP contribution in [-0.2, 0) is 0 Å². The van der Waals surface area contributed by atoms with Crippen LogP contribution in [0.5, 0.6) is 0 Å². The molecular weight excluding hydrogens is 326 g/mol. The van der Waals surface area contributed by atoms with Gasteiger partial charge in [-0.2, -0.15) is 0 Å². The number of anilines is 1. The Morgan fingerprint density at radius 3 is 3.05 bits per heavy atom. The summed E-state index contributed by atoms with van der Waals surface area (Å²) in [5.74, 6) is 0.909. The number of rotatable bonds is 6. The zero-order valence-electron chi connectivity index (χ0n) is 11.3. The highest BCUT2D eigenvalue weighted by molar-refractivity contribution is 9.10. The Morgan fingerprint density at radius 2 is 2.42 bits per heavy atom. The summed E-state index contributed by atoms with van der Waals surface area (Å²) < 4.78 is 0.927. The van der Waals surface area contributed by atoms with E-state index in [-0.39, 0.29) is 0 Å². The summed E-state index contributed by atoms with van der Waals surface area (Å²) in [4.78, 5) is 6.81. The minimum atomic E-state index is 0.568. The second-order valence-corrected chi connectivity index (χ2v) is 6.37. The zero-order chi connectivity index (χ0) is 13.7. The third-order valence-electron chi connectivity index (χ3n) is 3.47. The molecule has 1 atom stereocenters. The smallest absolute Gasteiger partial charge is 0.147 e. The monoisotopic (exact) mass is 345 g/mol. The van der Waals surface area contributed by atoms with Crippen LogP contribution in [0.15, 0.2) is 16.7 Å². The summed E-state index contributed by atoms with van der Waals surface area (Å²) in [6.07, 6.45) is 6.69. The van der Waals surface area contributed by atoms with Gasteiger partial charge < -0.3 is 10.2 Å². The highest BCUT2D eigenvalue weighted by Gasteiger charge is 2.20. The van der Waals surface area contributed by atoms with Crippen molar-refractivity contribution < 1.29 is 0 Å². The van der Waals surface area contributed by atoms with Crippen molar-refractivity contribution in [3.05, 3.63) is 21.8 Å². The van der Waals surface area contributed by atoms with Gasteiger partial charge in [0.25, 0.3) is 0 Å². The van der Waals surface area contributed by atoms with Crippen molar-refractivity contribution in [1.82, 2.24) is 10.3 Å². The second kappa shape index (κ2) is 7.46. The molecule has 0 amide bonds. The molecule has 19 heavy (non-hydrogen) atoms. The van der Waals surface area contributed by atoms with Crippen molar-refractivity contribution in [3.63, 3.8) is 0 Å². The van der Waals surface area contributed by atoms with Crippen LogP contribution < -0.4 is 10.2 Å². The van der Waals surface area contributed by atoms with Crippen LogP contribution in [0, 0.1) is 0 Å². The van der Waals surface area contributed by atoms with Crippen LogP contribution in [-0.4, -0.2) is 30.7 Å². The molecule has 0 saturated carbocycles. The average molecular weight is 347 g/mol. The summed E-state index contributed by atoms with van der Waals surface area (Å²) in [7, 11) is 0. The molecule has 1 aromatic heterocycles. The van der Waals surface area contributed by atoms with Gasteiger partial charge in [-0.05, 0) is 47.8 Å². The van der Waals surface area contributed by atoms with Gasteiger partial charge in [-0.25, -0.2) is 4.98 Å². The number of nitrogens with one attached hydrogen (secondary N) is 1. The summed E-state index contributed by atoms with van der Waals surface area (Å²) >= 11 is 9.74. The fourth-order valence-electron chi connectivity index (χ4n) is 2.45. The van der Waals surface area contributed by atoms with Crippen LogP contribution in [0.3, 0.4) is 0 Å². The van der Waals surface area contributed by atoms with Crippen LogP contribution >= 0.6 is 27.5 Å². The third-order valence-corrected chi connectivity index (χ3v) is 4.18. The van der Waals surface area contributed by atoms with Crippen LogP contribution in [0.2, 0.25) is 5.02 Å². The standard InChI is InChI=1S/C14H21BrClN3/c1-2-3-7-19(10-12-5-4-6-17-12)14-13(16)8-11(15)9-18-14/h8-9,12,17H,2-7,10H2,1H3. The molecule has 0 spiro atoms. The Hall–Kier alpha value is -0.320. The number of unbranched alkanes of at least 4 members (excludes halogenated alkanes) is 1. The van der Waals surface area contributed by atoms with E-state index in [0.29, 0.717) is 6.04 Å². The van der Waals surface area contributed by atoms with E-state index in [9.17, 15) is 0 Å². The van der Waals surface area contributed by atoms with Crippen molar-refractivity contribution >= 4 is 33.3 Å². The largest absolute Gasteiger partial charge is 0.354 e. The molecule has 1 fully saturated rings. The number of hydrogen-bond donors (Lipinski definition) is 1. The molecule has 1 aromatic rings. The Morgan fingerprint density at radius 1 is 1.58 bits per heavy atom. The van der Waals surface area contributed by atoms with Crippen molar-refractivity contribution in [2.45, 2.75) is 38.6 Å². The fourth-order valence-corrected chi connectivity index (χ4v) is 3.20. The van der Waals surface area contributed by atoms with E-state index < -0.39 is 0 Å². The van der Waals surface area contributed by atoms with E-state index in [0.717, 1.165) is 34.9 Å². The minimum absolute atomic E-state index is 0.568. The van der Waals surface area contributed by atoms with E-state index in [1.807, 2.05) is 12.3 Å². The minimum Gasteiger partial charge on any atom is -0.354 e. The molecular formula is C14H21BrClN3. The maximum absolute atomic E-state index is 6.33. The lowest BCUT2D eigenvalue weighted by Gasteiger charge is -2.27. The summed E-state index contributed by atoms with van der Waals surface area (Å²) in [6.45, 7) is 5.35. The lowest BCUT2D eigenvalue weighted by molar-refractivity contribution is 0.569. The lowest BCUT2D eigenvalue weighted by atomic mass is 10.2. The van der Waals surface area contributed by atoms with Crippen molar-refractivity contribution in [2.75, 3.05) is 24.5 Å². The topological polar surface area (TPSA) is 28.2 Å². The number of aromatic nitrogens is 1. The highest BCUT2D eigenvalue weighted by atomic mass is 79.9. The number of hydrogen-bond acceptors (Lipinski definition) is 3. The maximum Gasteiger partial charge on any atom is 0.147 e. The Kier molecular flexibility index (Phi) is 5.92. The van der Waals surface area contributed by atoms with E-state index in [2.05, 4.69) is 38.1 Å². The molecule has 1 saturated heterocycles. The molecule has 1 aliphatic rings. The first kappa shape index (κ1) is 15.1. The summed E-state index contributed by atoms with van der Waals surface area (Å²) in [5.41, 5.74) is 0. The molecule has 1 aliphatic heterocycles. The number of halogens is 2. The highest BCUT2D eigenvalue weighted by Crippen LogP contribution is 2.27. The Bertz CT molecular complexity index is 408. The van der Waals surface area contributed by atoms with Gasteiger partial charge in [-0.3, -0.25) is 0 Å². The number of pyridine rings is 1. The second-order valence-electron chi connectivity index (χ2n) is 5.05. The molecule has 0 radical (unpaired) electrons. The van der Waals surface area contributed by atoms with E-state index in [1.165, 1.54) is 25.7 Å². The fraction of sp³-hybridized carbons (Fsp3) is 0.643. The summed E-state index contributed by atoms with van der Waals surface area (Å²) in [6, 6.07) is 2.49.